The number of carbonyl (C=O) groups is 2. The van der Waals surface area contributed by atoms with Gasteiger partial charge in [-0.1, -0.05) is 6.92 Å². The van der Waals surface area contributed by atoms with Crippen LogP contribution in [0, 0.1) is 42.7 Å². The van der Waals surface area contributed by atoms with Crippen molar-refractivity contribution >= 4 is 17.5 Å². The number of esters is 1. The molecule has 0 aromatic heterocycles. The normalized spacial score (nSPS) is 32.5. The minimum atomic E-state index is -2.10. The van der Waals surface area contributed by atoms with Crippen LogP contribution in [0.1, 0.15) is 26.7 Å². The second kappa shape index (κ2) is 6.69. The molecule has 2 bridgehead atoms. The standard InChI is InChI=1S/C14H17N3O9/c1-3-14(13(19)26-4-2)10(18)5-7-8(15(20)21)6-9(16(22)23)11(14)12(7)17(24)25/h6-7,11-12H,3-5H2,1-2H3,(H,20,21)/t7-,11-,12+,14+/m0/s1. The molecule has 142 valence electrons. The fourth-order valence-electron chi connectivity index (χ4n) is 3.95. The lowest BCUT2D eigenvalue weighted by molar-refractivity contribution is -0.728. The summed E-state index contributed by atoms with van der Waals surface area (Å²) in [6.07, 6.45) is -0.129. The van der Waals surface area contributed by atoms with E-state index in [1.807, 2.05) is 0 Å². The van der Waals surface area contributed by atoms with Crippen molar-refractivity contribution in [3.63, 3.8) is 0 Å². The first-order valence-electron chi connectivity index (χ1n) is 7.86. The van der Waals surface area contributed by atoms with E-state index >= 15 is 0 Å². The quantitative estimate of drug-likeness (QED) is 0.178. The number of fused-ring (bicyclic) bond motifs is 2. The summed E-state index contributed by atoms with van der Waals surface area (Å²) < 4.78 is 4.91. The highest BCUT2D eigenvalue weighted by molar-refractivity contribution is 6.09. The molecular formula is C14H17N3O9. The fourth-order valence-corrected chi connectivity index (χ4v) is 3.95. The predicted molar refractivity (Wildman–Crippen MR) is 82.2 cm³/mol. The van der Waals surface area contributed by atoms with Crippen molar-refractivity contribution in [2.24, 2.45) is 17.3 Å². The highest BCUT2D eigenvalue weighted by atomic mass is 16.8. The Kier molecular flexibility index (Phi) is 4.96. The zero-order chi connectivity index (χ0) is 19.8. The van der Waals surface area contributed by atoms with E-state index < -0.39 is 67.6 Å². The lowest BCUT2D eigenvalue weighted by Crippen LogP contribution is -2.63. The van der Waals surface area contributed by atoms with Gasteiger partial charge in [-0.2, -0.15) is 0 Å². The minimum absolute atomic E-state index is 0.118. The van der Waals surface area contributed by atoms with E-state index in [1.54, 1.807) is 0 Å². The molecule has 1 N–H and O–H groups in total. The second-order valence-electron chi connectivity index (χ2n) is 6.06. The lowest BCUT2D eigenvalue weighted by Gasteiger charge is -2.43. The van der Waals surface area contributed by atoms with E-state index in [0.717, 1.165) is 0 Å². The summed E-state index contributed by atoms with van der Waals surface area (Å²) in [5.74, 6) is -4.96. The molecule has 4 atom stereocenters. The van der Waals surface area contributed by atoms with Crippen LogP contribution in [-0.2, 0) is 14.3 Å². The summed E-state index contributed by atoms with van der Waals surface area (Å²) >= 11 is 0. The first kappa shape index (κ1) is 19.3. The number of allylic oxidation sites excluding steroid dienone is 1. The molecule has 0 aromatic carbocycles. The van der Waals surface area contributed by atoms with Crippen molar-refractivity contribution in [2.45, 2.75) is 32.7 Å². The summed E-state index contributed by atoms with van der Waals surface area (Å²) in [4.78, 5) is 46.0. The molecule has 0 radical (unpaired) electrons. The topological polar surface area (TPSA) is 176 Å². The molecule has 0 amide bonds. The van der Waals surface area contributed by atoms with Crippen LogP contribution in [0.4, 0.5) is 0 Å². The van der Waals surface area contributed by atoms with Gasteiger partial charge in [-0.3, -0.25) is 35.0 Å². The van der Waals surface area contributed by atoms with E-state index in [0.29, 0.717) is 6.08 Å². The van der Waals surface area contributed by atoms with Crippen LogP contribution >= 0.6 is 0 Å². The van der Waals surface area contributed by atoms with Crippen LogP contribution in [0.5, 0.6) is 0 Å². The van der Waals surface area contributed by atoms with E-state index in [-0.39, 0.29) is 13.0 Å². The summed E-state index contributed by atoms with van der Waals surface area (Å²) in [6, 6.07) is -1.80. The molecule has 0 heterocycles. The van der Waals surface area contributed by atoms with Gasteiger partial charge < -0.3 is 9.94 Å². The molecule has 26 heavy (non-hydrogen) atoms. The molecule has 0 aromatic rings. The van der Waals surface area contributed by atoms with Gasteiger partial charge in [-0.15, -0.1) is 0 Å². The Balaban J connectivity index is 2.84. The van der Waals surface area contributed by atoms with Crippen molar-refractivity contribution in [3.05, 3.63) is 37.2 Å². The molecular weight excluding hydrogens is 354 g/mol. The number of hydrogen-bond acceptors (Lipinski definition) is 9. The second-order valence-corrected chi connectivity index (χ2v) is 6.06. The van der Waals surface area contributed by atoms with Gasteiger partial charge in [-0.25, -0.2) is 0 Å². The molecule has 0 aliphatic heterocycles. The summed E-state index contributed by atoms with van der Waals surface area (Å²) in [5, 5.41) is 43.7. The molecule has 0 unspecified atom stereocenters. The SMILES string of the molecule is CCOC(=O)[C@]1(CC)C(=O)C[C@H]2C(=[N+]([O-])O)C=C([N+](=O)[O-])[C@H]1[C@@H]2[N+](=O)[O-]. The molecule has 12 nitrogen and oxygen atoms in total. The number of nitrogens with zero attached hydrogens (tertiary/aromatic N) is 3. The Bertz CT molecular complexity index is 740. The van der Waals surface area contributed by atoms with Crippen LogP contribution < -0.4 is 0 Å². The van der Waals surface area contributed by atoms with E-state index in [2.05, 4.69) is 0 Å². The van der Waals surface area contributed by atoms with Crippen LogP contribution in [0.3, 0.4) is 0 Å². The van der Waals surface area contributed by atoms with Crippen LogP contribution in [0.25, 0.3) is 0 Å². The summed E-state index contributed by atoms with van der Waals surface area (Å²) in [5.41, 5.74) is -3.61. The average Bonchev–Trinajstić information content (AvgIpc) is 2.54. The smallest absolute Gasteiger partial charge is 0.320 e. The van der Waals surface area contributed by atoms with Gasteiger partial charge >= 0.3 is 5.97 Å². The average molecular weight is 371 g/mol. The Morgan fingerprint density at radius 3 is 2.38 bits per heavy atom. The van der Waals surface area contributed by atoms with Crippen LogP contribution in [0.2, 0.25) is 0 Å². The number of nitro groups is 2. The van der Waals surface area contributed by atoms with E-state index in [4.69, 9.17) is 4.74 Å². The number of ether oxygens (including phenoxy) is 1. The molecule has 12 heteroatoms. The molecule has 1 fully saturated rings. The van der Waals surface area contributed by atoms with Gasteiger partial charge in [0.15, 0.2) is 5.78 Å². The van der Waals surface area contributed by atoms with Gasteiger partial charge in [0.25, 0.3) is 11.4 Å². The van der Waals surface area contributed by atoms with Crippen molar-refractivity contribution in [3.8, 4) is 0 Å². The molecule has 0 spiro atoms. The van der Waals surface area contributed by atoms with Gasteiger partial charge in [0.1, 0.15) is 17.3 Å². The maximum Gasteiger partial charge on any atom is 0.320 e. The van der Waals surface area contributed by atoms with Crippen molar-refractivity contribution in [2.75, 3.05) is 6.61 Å². The minimum Gasteiger partial charge on any atom is -0.465 e. The zero-order valence-electron chi connectivity index (χ0n) is 14.0. The van der Waals surface area contributed by atoms with Gasteiger partial charge in [0.05, 0.1) is 17.6 Å². The maximum absolute atomic E-state index is 12.8. The number of Topliss-reactive ketones (excluding diaryl/α,β-unsaturated/α-hetero) is 1. The molecule has 2 aliphatic carbocycles. The highest BCUT2D eigenvalue weighted by Crippen LogP contribution is 2.51. The number of ketones is 1. The Morgan fingerprint density at radius 2 is 1.96 bits per heavy atom. The molecule has 0 saturated heterocycles. The fraction of sp³-hybridized carbons (Fsp3) is 0.643. The summed E-state index contributed by atoms with van der Waals surface area (Å²) in [6.45, 7) is 2.77. The number of rotatable bonds is 5. The van der Waals surface area contributed by atoms with Gasteiger partial charge in [0.2, 0.25) is 6.04 Å². The Labute approximate surface area is 146 Å². The summed E-state index contributed by atoms with van der Waals surface area (Å²) in [7, 11) is 0. The molecule has 2 aliphatic rings. The third-order valence-electron chi connectivity index (χ3n) is 5.05. The highest BCUT2D eigenvalue weighted by Gasteiger charge is 2.71. The third kappa shape index (κ3) is 2.57. The van der Waals surface area contributed by atoms with Crippen molar-refractivity contribution < 1.29 is 34.3 Å². The van der Waals surface area contributed by atoms with Gasteiger partial charge in [-0.05, 0) is 13.3 Å². The Morgan fingerprint density at radius 1 is 1.35 bits per heavy atom. The first-order chi connectivity index (χ1) is 12.1. The van der Waals surface area contributed by atoms with Crippen LogP contribution in [-0.4, -0.2) is 50.1 Å². The Hall–Kier alpha value is -3.05. The largest absolute Gasteiger partial charge is 0.465 e. The third-order valence-corrected chi connectivity index (χ3v) is 5.05. The first-order valence-corrected chi connectivity index (χ1v) is 7.86. The monoisotopic (exact) mass is 371 g/mol. The van der Waals surface area contributed by atoms with E-state index in [9.17, 15) is 40.2 Å². The molecule has 1 saturated carbocycles. The number of hydrogen-bond donors (Lipinski definition) is 1. The van der Waals surface area contributed by atoms with Crippen LogP contribution in [0.15, 0.2) is 11.8 Å². The number of carbonyl (C=O) groups excluding carboxylic acids is 2. The van der Waals surface area contributed by atoms with Crippen molar-refractivity contribution in [1.82, 2.24) is 0 Å². The lowest BCUT2D eigenvalue weighted by atomic mass is 9.55. The van der Waals surface area contributed by atoms with Crippen molar-refractivity contribution in [1.29, 1.82) is 0 Å². The maximum atomic E-state index is 12.8. The predicted octanol–water partition coefficient (Wildman–Crippen LogP) is 0.311. The zero-order valence-corrected chi connectivity index (χ0v) is 14.0. The van der Waals surface area contributed by atoms with Gasteiger partial charge in [0, 0.05) is 16.2 Å². The molecule has 2 rings (SSSR count). The van der Waals surface area contributed by atoms with E-state index in [1.165, 1.54) is 13.8 Å².